The zero-order chi connectivity index (χ0) is 23.7. The molecular weight excluding hydrogens is 440 g/mol. The number of morpholine rings is 1. The fourth-order valence-electron chi connectivity index (χ4n) is 5.01. The molecule has 2 heterocycles. The SMILES string of the molecule is O=C(N[C@H]1CCO[C@H]1C(=O)N1CCOCC1C(=O)O)OCC1c2ccccc2-c2ccccc21. The van der Waals surface area contributed by atoms with Crippen LogP contribution in [0, 0.1) is 0 Å². The van der Waals surface area contributed by atoms with Crippen LogP contribution in [-0.2, 0) is 23.8 Å². The van der Waals surface area contributed by atoms with Gasteiger partial charge in [-0.15, -0.1) is 0 Å². The lowest BCUT2D eigenvalue weighted by Crippen LogP contribution is -2.58. The summed E-state index contributed by atoms with van der Waals surface area (Å²) in [6.45, 7) is 0.793. The smallest absolute Gasteiger partial charge is 0.407 e. The van der Waals surface area contributed by atoms with Crippen molar-refractivity contribution in [2.45, 2.75) is 30.5 Å². The summed E-state index contributed by atoms with van der Waals surface area (Å²) in [5.74, 6) is -1.66. The topological polar surface area (TPSA) is 114 Å². The molecule has 3 aliphatic rings. The summed E-state index contributed by atoms with van der Waals surface area (Å²) in [5.41, 5.74) is 4.50. The molecule has 2 amide bonds. The maximum Gasteiger partial charge on any atom is 0.407 e. The number of fused-ring (bicyclic) bond motifs is 3. The van der Waals surface area contributed by atoms with Gasteiger partial charge in [-0.3, -0.25) is 4.79 Å². The van der Waals surface area contributed by atoms with Gasteiger partial charge < -0.3 is 29.5 Å². The van der Waals surface area contributed by atoms with E-state index in [1.807, 2.05) is 36.4 Å². The highest BCUT2D eigenvalue weighted by Crippen LogP contribution is 2.44. The number of amides is 2. The second-order valence-electron chi connectivity index (χ2n) is 8.62. The Morgan fingerprint density at radius 2 is 1.71 bits per heavy atom. The van der Waals surface area contributed by atoms with E-state index in [1.165, 1.54) is 4.90 Å². The third-order valence-corrected chi connectivity index (χ3v) is 6.68. The Morgan fingerprint density at radius 1 is 1.03 bits per heavy atom. The molecule has 2 aliphatic heterocycles. The molecule has 0 aromatic heterocycles. The Kier molecular flexibility index (Phi) is 6.21. The molecule has 0 saturated carbocycles. The summed E-state index contributed by atoms with van der Waals surface area (Å²) in [6.07, 6.45) is -1.16. The number of benzene rings is 2. The largest absolute Gasteiger partial charge is 0.480 e. The van der Waals surface area contributed by atoms with Gasteiger partial charge in [-0.2, -0.15) is 0 Å². The maximum absolute atomic E-state index is 13.0. The molecule has 0 spiro atoms. The monoisotopic (exact) mass is 466 g/mol. The van der Waals surface area contributed by atoms with Gasteiger partial charge in [0.25, 0.3) is 5.91 Å². The normalized spacial score (nSPS) is 23.8. The lowest BCUT2D eigenvalue weighted by Gasteiger charge is -2.35. The fraction of sp³-hybridized carbons (Fsp3) is 0.400. The van der Waals surface area contributed by atoms with E-state index >= 15 is 0 Å². The van der Waals surface area contributed by atoms with Crippen molar-refractivity contribution < 1.29 is 33.7 Å². The Bertz CT molecular complexity index is 1060. The second-order valence-corrected chi connectivity index (χ2v) is 8.62. The van der Waals surface area contributed by atoms with Crippen LogP contribution in [0.15, 0.2) is 48.5 Å². The van der Waals surface area contributed by atoms with Gasteiger partial charge in [-0.05, 0) is 28.7 Å². The van der Waals surface area contributed by atoms with Gasteiger partial charge in [0.05, 0.1) is 19.3 Å². The average Bonchev–Trinajstić information content (AvgIpc) is 3.44. The molecule has 9 heteroatoms. The molecule has 2 aromatic carbocycles. The van der Waals surface area contributed by atoms with E-state index in [2.05, 4.69) is 17.4 Å². The van der Waals surface area contributed by atoms with Crippen LogP contribution >= 0.6 is 0 Å². The summed E-state index contributed by atoms with van der Waals surface area (Å²) < 4.78 is 16.4. The van der Waals surface area contributed by atoms with Crippen molar-refractivity contribution in [3.63, 3.8) is 0 Å². The van der Waals surface area contributed by atoms with E-state index in [-0.39, 0.29) is 38.9 Å². The van der Waals surface area contributed by atoms with Crippen LogP contribution in [0.2, 0.25) is 0 Å². The van der Waals surface area contributed by atoms with Gasteiger partial charge in [-0.25, -0.2) is 9.59 Å². The lowest BCUT2D eigenvalue weighted by atomic mass is 9.98. The number of hydrogen-bond donors (Lipinski definition) is 2. The molecule has 2 N–H and O–H groups in total. The van der Waals surface area contributed by atoms with Gasteiger partial charge >= 0.3 is 12.1 Å². The number of aliphatic carboxylic acids is 1. The molecule has 3 atom stereocenters. The van der Waals surface area contributed by atoms with Crippen LogP contribution in [0.25, 0.3) is 11.1 Å². The first-order chi connectivity index (χ1) is 16.5. The average molecular weight is 466 g/mol. The van der Waals surface area contributed by atoms with Crippen LogP contribution < -0.4 is 5.32 Å². The highest BCUT2D eigenvalue weighted by atomic mass is 16.6. The fourth-order valence-corrected chi connectivity index (χ4v) is 5.01. The van der Waals surface area contributed by atoms with E-state index in [9.17, 15) is 19.5 Å². The van der Waals surface area contributed by atoms with Gasteiger partial charge in [0.1, 0.15) is 6.61 Å². The van der Waals surface area contributed by atoms with E-state index in [1.54, 1.807) is 0 Å². The predicted octanol–water partition coefficient (Wildman–Crippen LogP) is 1.99. The number of nitrogens with zero attached hydrogens (tertiary/aromatic N) is 1. The number of alkyl carbamates (subject to hydrolysis) is 1. The summed E-state index contributed by atoms with van der Waals surface area (Å²) in [7, 11) is 0. The summed E-state index contributed by atoms with van der Waals surface area (Å²) in [6, 6.07) is 14.5. The first-order valence-corrected chi connectivity index (χ1v) is 11.4. The molecule has 2 saturated heterocycles. The van der Waals surface area contributed by atoms with E-state index in [0.717, 1.165) is 22.3 Å². The molecule has 0 radical (unpaired) electrons. The predicted molar refractivity (Wildman–Crippen MR) is 120 cm³/mol. The minimum atomic E-state index is -1.13. The molecule has 5 rings (SSSR count). The Balaban J connectivity index is 1.23. The molecule has 34 heavy (non-hydrogen) atoms. The highest BCUT2D eigenvalue weighted by molar-refractivity contribution is 5.88. The molecule has 9 nitrogen and oxygen atoms in total. The number of carboxylic acid groups (broad SMARTS) is 1. The number of nitrogens with one attached hydrogen (secondary N) is 1. The van der Waals surface area contributed by atoms with Crippen molar-refractivity contribution in [2.75, 3.05) is 33.0 Å². The van der Waals surface area contributed by atoms with Crippen molar-refractivity contribution in [1.82, 2.24) is 10.2 Å². The van der Waals surface area contributed by atoms with E-state index in [0.29, 0.717) is 6.42 Å². The summed E-state index contributed by atoms with van der Waals surface area (Å²) >= 11 is 0. The third-order valence-electron chi connectivity index (χ3n) is 6.68. The Labute approximate surface area is 196 Å². The highest BCUT2D eigenvalue weighted by Gasteiger charge is 2.42. The van der Waals surface area contributed by atoms with Gasteiger partial charge in [0.2, 0.25) is 0 Å². The minimum Gasteiger partial charge on any atom is -0.480 e. The van der Waals surface area contributed by atoms with Crippen LogP contribution in [0.3, 0.4) is 0 Å². The number of ether oxygens (including phenoxy) is 3. The third kappa shape index (κ3) is 4.12. The lowest BCUT2D eigenvalue weighted by molar-refractivity contribution is -0.163. The molecular formula is C25H26N2O7. The van der Waals surface area contributed by atoms with Crippen LogP contribution in [0.4, 0.5) is 4.79 Å². The molecule has 2 fully saturated rings. The van der Waals surface area contributed by atoms with Crippen LogP contribution in [0.5, 0.6) is 0 Å². The summed E-state index contributed by atoms with van der Waals surface area (Å²) in [5, 5.41) is 12.2. The van der Waals surface area contributed by atoms with Gasteiger partial charge in [0, 0.05) is 19.1 Å². The zero-order valence-electron chi connectivity index (χ0n) is 18.5. The van der Waals surface area contributed by atoms with Gasteiger partial charge in [-0.1, -0.05) is 48.5 Å². The maximum atomic E-state index is 13.0. The number of carbonyl (C=O) groups is 3. The Hall–Kier alpha value is -3.43. The molecule has 178 valence electrons. The van der Waals surface area contributed by atoms with Crippen molar-refractivity contribution >= 4 is 18.0 Å². The van der Waals surface area contributed by atoms with Crippen molar-refractivity contribution in [1.29, 1.82) is 0 Å². The van der Waals surface area contributed by atoms with E-state index < -0.39 is 36.2 Å². The first-order valence-electron chi connectivity index (χ1n) is 11.4. The molecule has 1 unspecified atom stereocenters. The van der Waals surface area contributed by atoms with E-state index in [4.69, 9.17) is 14.2 Å². The number of carboxylic acids is 1. The standard InChI is InChI=1S/C25H26N2O7/c28-23(27-10-12-32-14-21(27)24(29)30)22-20(9-11-33-22)26-25(31)34-13-19-17-7-3-1-5-15(17)16-6-2-4-8-18(16)19/h1-8,19-22H,9-14H2,(H,26,31)(H,29,30)/t20-,21?,22+/m0/s1. The minimum absolute atomic E-state index is 0.0694. The Morgan fingerprint density at radius 3 is 2.38 bits per heavy atom. The molecule has 1 aliphatic carbocycles. The molecule has 2 aromatic rings. The number of hydrogen-bond acceptors (Lipinski definition) is 6. The van der Waals surface area contributed by atoms with Crippen molar-refractivity contribution in [3.8, 4) is 11.1 Å². The van der Waals surface area contributed by atoms with Gasteiger partial charge in [0.15, 0.2) is 12.1 Å². The van der Waals surface area contributed by atoms with Crippen LogP contribution in [0.1, 0.15) is 23.5 Å². The number of rotatable bonds is 5. The van der Waals surface area contributed by atoms with Crippen LogP contribution in [-0.4, -0.2) is 79.1 Å². The van der Waals surface area contributed by atoms with Crippen molar-refractivity contribution in [3.05, 3.63) is 59.7 Å². The number of carbonyl (C=O) groups excluding carboxylic acids is 2. The summed E-state index contributed by atoms with van der Waals surface area (Å²) in [4.78, 5) is 38.5. The first kappa shape index (κ1) is 22.4. The quantitative estimate of drug-likeness (QED) is 0.693. The van der Waals surface area contributed by atoms with Crippen molar-refractivity contribution in [2.24, 2.45) is 0 Å². The molecule has 0 bridgehead atoms. The zero-order valence-corrected chi connectivity index (χ0v) is 18.5. The second kappa shape index (κ2) is 9.44.